The second-order valence-corrected chi connectivity index (χ2v) is 8.50. The molecule has 4 N–H and O–H groups in total. The fourth-order valence-corrected chi connectivity index (χ4v) is 4.55. The molecule has 0 bridgehead atoms. The van der Waals surface area contributed by atoms with Crippen molar-refractivity contribution in [1.82, 2.24) is 4.98 Å². The smallest absolute Gasteiger partial charge is 0.416 e. The van der Waals surface area contributed by atoms with Gasteiger partial charge in [-0.1, -0.05) is 12.8 Å². The lowest BCUT2D eigenvalue weighted by atomic mass is 9.86. The summed E-state index contributed by atoms with van der Waals surface area (Å²) < 4.78 is 51.2. The van der Waals surface area contributed by atoms with Crippen LogP contribution in [0.4, 0.5) is 30.4 Å². The Morgan fingerprint density at radius 1 is 1.12 bits per heavy atom. The predicted octanol–water partition coefficient (Wildman–Crippen LogP) is 4.97. The van der Waals surface area contributed by atoms with Crippen LogP contribution in [-0.2, 0) is 10.9 Å². The first-order chi connectivity index (χ1) is 15.1. The summed E-state index contributed by atoms with van der Waals surface area (Å²) in [6, 6.07) is 5.25. The van der Waals surface area contributed by atoms with E-state index in [-0.39, 0.29) is 29.2 Å². The topological polar surface area (TPSA) is 86.6 Å². The molecule has 176 valence electrons. The Morgan fingerprint density at radius 3 is 2.41 bits per heavy atom. The van der Waals surface area contributed by atoms with E-state index < -0.39 is 11.7 Å². The SMILES string of the molecule is CCOc1cc(-c2cc(N(C)CC3(COC)CCCC3)c(N)c(N)n2)cc(C(F)(F)F)c1. The molecule has 0 unspecified atom stereocenters. The van der Waals surface area contributed by atoms with Crippen LogP contribution < -0.4 is 21.1 Å². The van der Waals surface area contributed by atoms with E-state index in [1.165, 1.54) is 6.07 Å². The van der Waals surface area contributed by atoms with Crippen LogP contribution in [0.5, 0.6) is 5.75 Å². The van der Waals surface area contributed by atoms with Crippen molar-refractivity contribution < 1.29 is 22.6 Å². The Hall–Kier alpha value is -2.68. The van der Waals surface area contributed by atoms with Gasteiger partial charge in [0.05, 0.1) is 35.8 Å². The van der Waals surface area contributed by atoms with E-state index in [9.17, 15) is 13.2 Å². The number of nitrogens with two attached hydrogens (primary N) is 2. The van der Waals surface area contributed by atoms with E-state index in [2.05, 4.69) is 4.98 Å². The lowest BCUT2D eigenvalue weighted by Gasteiger charge is -2.34. The maximum absolute atomic E-state index is 13.5. The zero-order chi connectivity index (χ0) is 23.5. The summed E-state index contributed by atoms with van der Waals surface area (Å²) in [4.78, 5) is 6.27. The van der Waals surface area contributed by atoms with E-state index in [0.717, 1.165) is 37.8 Å². The highest BCUT2D eigenvalue weighted by Crippen LogP contribution is 2.42. The van der Waals surface area contributed by atoms with Crippen LogP contribution in [0.1, 0.15) is 38.2 Å². The largest absolute Gasteiger partial charge is 0.494 e. The molecule has 1 aromatic carbocycles. The Kier molecular flexibility index (Phi) is 7.07. The van der Waals surface area contributed by atoms with E-state index in [1.54, 1.807) is 20.1 Å². The monoisotopic (exact) mass is 452 g/mol. The third-order valence-corrected chi connectivity index (χ3v) is 6.01. The summed E-state index contributed by atoms with van der Waals surface area (Å²) in [6.07, 6.45) is -0.148. The second-order valence-electron chi connectivity index (χ2n) is 8.50. The van der Waals surface area contributed by atoms with Crippen LogP contribution in [0, 0.1) is 5.41 Å². The molecular weight excluding hydrogens is 421 g/mol. The number of anilines is 3. The zero-order valence-electron chi connectivity index (χ0n) is 18.8. The van der Waals surface area contributed by atoms with Crippen molar-refractivity contribution >= 4 is 17.2 Å². The summed E-state index contributed by atoms with van der Waals surface area (Å²) >= 11 is 0. The van der Waals surface area contributed by atoms with Gasteiger partial charge in [0, 0.05) is 31.7 Å². The van der Waals surface area contributed by atoms with E-state index >= 15 is 0 Å². The number of nitrogen functional groups attached to an aromatic ring is 2. The van der Waals surface area contributed by atoms with Crippen LogP contribution in [0.25, 0.3) is 11.3 Å². The quantitative estimate of drug-likeness (QED) is 0.588. The molecule has 3 rings (SSSR count). The summed E-state index contributed by atoms with van der Waals surface area (Å²) in [5, 5.41) is 0. The molecule has 0 aliphatic heterocycles. The van der Waals surface area contributed by atoms with Crippen molar-refractivity contribution in [3.05, 3.63) is 29.8 Å². The van der Waals surface area contributed by atoms with Crippen molar-refractivity contribution in [2.75, 3.05) is 50.3 Å². The van der Waals surface area contributed by atoms with E-state index in [0.29, 0.717) is 30.2 Å². The minimum atomic E-state index is -4.52. The fraction of sp³-hybridized carbons (Fsp3) is 0.522. The van der Waals surface area contributed by atoms with Crippen molar-refractivity contribution in [3.8, 4) is 17.0 Å². The molecule has 32 heavy (non-hydrogen) atoms. The van der Waals surface area contributed by atoms with Gasteiger partial charge in [-0.3, -0.25) is 0 Å². The number of halogens is 3. The first kappa shape index (κ1) is 24.0. The minimum Gasteiger partial charge on any atom is -0.494 e. The first-order valence-corrected chi connectivity index (χ1v) is 10.7. The van der Waals surface area contributed by atoms with Gasteiger partial charge in [0.25, 0.3) is 0 Å². The Morgan fingerprint density at radius 2 is 1.81 bits per heavy atom. The van der Waals surface area contributed by atoms with Crippen LogP contribution >= 0.6 is 0 Å². The number of methoxy groups -OCH3 is 1. The standard InChI is InChI=1S/C23H31F3N4O2/c1-4-32-17-10-15(9-16(11-17)23(24,25)26)18-12-19(20(27)21(28)29-18)30(2)13-22(14-31-3)7-5-6-8-22/h9-12H,4-8,13-14,27H2,1-3H3,(H2,28,29). The summed E-state index contributed by atoms with van der Waals surface area (Å²) in [7, 11) is 3.60. The molecule has 0 spiro atoms. The van der Waals surface area contributed by atoms with Crippen LogP contribution in [0.15, 0.2) is 24.3 Å². The number of pyridine rings is 1. The minimum absolute atomic E-state index is 0.00642. The molecule has 1 fully saturated rings. The fourth-order valence-electron chi connectivity index (χ4n) is 4.55. The van der Waals surface area contributed by atoms with Crippen molar-refractivity contribution in [2.24, 2.45) is 5.41 Å². The van der Waals surface area contributed by atoms with Crippen molar-refractivity contribution in [3.63, 3.8) is 0 Å². The highest BCUT2D eigenvalue weighted by atomic mass is 19.4. The Balaban J connectivity index is 2.02. The molecular formula is C23H31F3N4O2. The molecule has 1 aromatic heterocycles. The third-order valence-electron chi connectivity index (χ3n) is 6.01. The number of rotatable bonds is 8. The third kappa shape index (κ3) is 5.20. The van der Waals surface area contributed by atoms with Gasteiger partial charge in [0.2, 0.25) is 0 Å². The highest BCUT2D eigenvalue weighted by Gasteiger charge is 2.36. The molecule has 6 nitrogen and oxygen atoms in total. The molecule has 1 saturated carbocycles. The molecule has 0 radical (unpaired) electrons. The lowest BCUT2D eigenvalue weighted by molar-refractivity contribution is -0.137. The van der Waals surface area contributed by atoms with Crippen molar-refractivity contribution in [1.29, 1.82) is 0 Å². The molecule has 1 aliphatic carbocycles. The predicted molar refractivity (Wildman–Crippen MR) is 121 cm³/mol. The van der Waals surface area contributed by atoms with Gasteiger partial charge in [-0.15, -0.1) is 0 Å². The summed E-state index contributed by atoms with van der Waals surface area (Å²) in [5.41, 5.74) is 13.0. The van der Waals surface area contributed by atoms with Gasteiger partial charge < -0.3 is 25.8 Å². The van der Waals surface area contributed by atoms with Crippen LogP contribution in [0.2, 0.25) is 0 Å². The molecule has 2 aromatic rings. The average Bonchev–Trinajstić information content (AvgIpc) is 3.17. The number of hydrogen-bond acceptors (Lipinski definition) is 6. The number of nitrogens with zero attached hydrogens (tertiary/aromatic N) is 2. The van der Waals surface area contributed by atoms with Crippen LogP contribution in [-0.4, -0.2) is 38.9 Å². The van der Waals surface area contributed by atoms with Crippen LogP contribution in [0.3, 0.4) is 0 Å². The van der Waals surface area contributed by atoms with E-state index in [4.69, 9.17) is 20.9 Å². The molecule has 1 heterocycles. The average molecular weight is 453 g/mol. The first-order valence-electron chi connectivity index (χ1n) is 10.7. The lowest BCUT2D eigenvalue weighted by Crippen LogP contribution is -2.37. The van der Waals surface area contributed by atoms with Gasteiger partial charge in [0.15, 0.2) is 0 Å². The van der Waals surface area contributed by atoms with Gasteiger partial charge in [-0.2, -0.15) is 13.2 Å². The molecule has 0 atom stereocenters. The maximum atomic E-state index is 13.5. The highest BCUT2D eigenvalue weighted by molar-refractivity contribution is 5.82. The Labute approximate surface area is 186 Å². The number of ether oxygens (including phenoxy) is 2. The molecule has 0 saturated heterocycles. The second kappa shape index (κ2) is 9.44. The zero-order valence-corrected chi connectivity index (χ0v) is 18.8. The molecule has 1 aliphatic rings. The molecule has 9 heteroatoms. The summed E-state index contributed by atoms with van der Waals surface area (Å²) in [5.74, 6) is 0.196. The van der Waals surface area contributed by atoms with E-state index in [1.807, 2.05) is 11.9 Å². The normalized spacial score (nSPS) is 15.7. The number of benzene rings is 1. The Bertz CT molecular complexity index is 944. The number of alkyl halides is 3. The molecule has 0 amide bonds. The maximum Gasteiger partial charge on any atom is 0.416 e. The van der Waals surface area contributed by atoms with Gasteiger partial charge in [0.1, 0.15) is 11.6 Å². The summed E-state index contributed by atoms with van der Waals surface area (Å²) in [6.45, 7) is 3.29. The van der Waals surface area contributed by atoms with Gasteiger partial charge >= 0.3 is 6.18 Å². The van der Waals surface area contributed by atoms with Gasteiger partial charge in [-0.25, -0.2) is 4.98 Å². The van der Waals surface area contributed by atoms with Crippen molar-refractivity contribution in [2.45, 2.75) is 38.8 Å². The van der Waals surface area contributed by atoms with Gasteiger partial charge in [-0.05, 0) is 44.0 Å². The number of aromatic nitrogens is 1. The number of hydrogen-bond donors (Lipinski definition) is 2.